The van der Waals surface area contributed by atoms with E-state index in [-0.39, 0.29) is 10.8 Å². The predicted molar refractivity (Wildman–Crippen MR) is 104 cm³/mol. The van der Waals surface area contributed by atoms with Crippen molar-refractivity contribution in [3.05, 3.63) is 59.7 Å². The molecule has 1 heterocycles. The number of hydrogen-bond donors (Lipinski definition) is 1. The summed E-state index contributed by atoms with van der Waals surface area (Å²) >= 11 is 0. The first-order chi connectivity index (χ1) is 13.0. The van der Waals surface area contributed by atoms with E-state index in [9.17, 15) is 13.2 Å². The third-order valence-corrected chi connectivity index (χ3v) is 5.85. The number of carbonyl (C=O) groups is 1. The molecule has 2 aromatic carbocycles. The van der Waals surface area contributed by atoms with Crippen LogP contribution in [0.15, 0.2) is 53.4 Å². The normalized spacial score (nSPS) is 14.8. The Morgan fingerprint density at radius 3 is 2.26 bits per heavy atom. The summed E-state index contributed by atoms with van der Waals surface area (Å²) in [6, 6.07) is 13.4. The van der Waals surface area contributed by atoms with Gasteiger partial charge in [0.05, 0.1) is 18.1 Å². The number of aryl methyl sites for hydroxylation is 1. The molecule has 1 amide bonds. The van der Waals surface area contributed by atoms with Crippen LogP contribution < -0.4 is 4.72 Å². The molecule has 0 unspecified atom stereocenters. The van der Waals surface area contributed by atoms with Gasteiger partial charge in [0.2, 0.25) is 0 Å². The molecule has 2 aromatic rings. The second-order valence-electron chi connectivity index (χ2n) is 6.48. The number of morpholine rings is 1. The van der Waals surface area contributed by atoms with Gasteiger partial charge >= 0.3 is 0 Å². The molecule has 0 aromatic heterocycles. The number of rotatable bonds is 6. The lowest BCUT2D eigenvalue weighted by molar-refractivity contribution is 0.0303. The largest absolute Gasteiger partial charge is 0.378 e. The van der Waals surface area contributed by atoms with Gasteiger partial charge in [-0.2, -0.15) is 0 Å². The van der Waals surface area contributed by atoms with Crippen molar-refractivity contribution in [2.24, 2.45) is 0 Å². The van der Waals surface area contributed by atoms with Crippen molar-refractivity contribution in [3.8, 4) is 0 Å². The Labute approximate surface area is 160 Å². The molecule has 0 atom stereocenters. The summed E-state index contributed by atoms with van der Waals surface area (Å²) in [7, 11) is -3.66. The van der Waals surface area contributed by atoms with Crippen LogP contribution in [0.1, 0.15) is 29.3 Å². The fourth-order valence-corrected chi connectivity index (χ4v) is 4.03. The zero-order chi connectivity index (χ0) is 19.3. The van der Waals surface area contributed by atoms with Gasteiger partial charge in [0.25, 0.3) is 15.9 Å². The highest BCUT2D eigenvalue weighted by molar-refractivity contribution is 7.92. The molecule has 0 saturated carbocycles. The highest BCUT2D eigenvalue weighted by Crippen LogP contribution is 2.18. The third kappa shape index (κ3) is 4.87. The zero-order valence-electron chi connectivity index (χ0n) is 15.3. The van der Waals surface area contributed by atoms with Gasteiger partial charge in [0.1, 0.15) is 0 Å². The monoisotopic (exact) mass is 388 g/mol. The van der Waals surface area contributed by atoms with Crippen LogP contribution in [0.2, 0.25) is 0 Å². The molecule has 144 valence electrons. The van der Waals surface area contributed by atoms with Gasteiger partial charge in [-0.15, -0.1) is 0 Å². The molecule has 0 spiro atoms. The maximum atomic E-state index is 12.5. The van der Waals surface area contributed by atoms with Gasteiger partial charge in [-0.05, 0) is 48.4 Å². The molecule has 6 nitrogen and oxygen atoms in total. The second kappa shape index (κ2) is 8.54. The number of nitrogens with one attached hydrogen (secondary N) is 1. The van der Waals surface area contributed by atoms with Crippen molar-refractivity contribution in [2.75, 3.05) is 31.0 Å². The van der Waals surface area contributed by atoms with Crippen LogP contribution in [0.4, 0.5) is 5.69 Å². The Kier molecular flexibility index (Phi) is 6.13. The molecule has 1 saturated heterocycles. The van der Waals surface area contributed by atoms with Crippen LogP contribution in [-0.4, -0.2) is 45.5 Å². The summed E-state index contributed by atoms with van der Waals surface area (Å²) in [5, 5.41) is 0. The summed E-state index contributed by atoms with van der Waals surface area (Å²) in [6.07, 6.45) is 1.94. The number of ether oxygens (including phenoxy) is 1. The average molecular weight is 388 g/mol. The number of hydrogen-bond acceptors (Lipinski definition) is 4. The molecule has 0 aliphatic carbocycles. The number of carbonyl (C=O) groups excluding carboxylic acids is 1. The number of anilines is 1. The first-order valence-electron chi connectivity index (χ1n) is 9.08. The van der Waals surface area contributed by atoms with Crippen molar-refractivity contribution in [3.63, 3.8) is 0 Å². The van der Waals surface area contributed by atoms with Crippen molar-refractivity contribution in [2.45, 2.75) is 24.7 Å². The highest BCUT2D eigenvalue weighted by Gasteiger charge is 2.19. The van der Waals surface area contributed by atoms with Crippen LogP contribution in [0.25, 0.3) is 0 Å². The highest BCUT2D eigenvalue weighted by atomic mass is 32.2. The van der Waals surface area contributed by atoms with Gasteiger partial charge < -0.3 is 9.64 Å². The summed E-state index contributed by atoms with van der Waals surface area (Å²) < 4.78 is 32.9. The molecule has 1 N–H and O–H groups in total. The van der Waals surface area contributed by atoms with Crippen molar-refractivity contribution < 1.29 is 17.9 Å². The molecule has 1 aliphatic rings. The topological polar surface area (TPSA) is 75.7 Å². The quantitative estimate of drug-likeness (QED) is 0.826. The Bertz CT molecular complexity index is 871. The summed E-state index contributed by atoms with van der Waals surface area (Å²) in [4.78, 5) is 14.4. The van der Waals surface area contributed by atoms with Gasteiger partial charge in [-0.3, -0.25) is 9.52 Å². The molecule has 7 heteroatoms. The molecular formula is C20H24N2O4S. The maximum absolute atomic E-state index is 12.5. The van der Waals surface area contributed by atoms with E-state index in [0.717, 1.165) is 18.4 Å². The minimum Gasteiger partial charge on any atom is -0.378 e. The molecule has 0 radical (unpaired) electrons. The predicted octanol–water partition coefficient (Wildman–Crippen LogP) is 2.91. The fourth-order valence-electron chi connectivity index (χ4n) is 2.97. The van der Waals surface area contributed by atoms with E-state index in [1.807, 2.05) is 12.1 Å². The van der Waals surface area contributed by atoms with E-state index in [2.05, 4.69) is 11.6 Å². The van der Waals surface area contributed by atoms with Gasteiger partial charge in [-0.1, -0.05) is 25.5 Å². The van der Waals surface area contributed by atoms with E-state index >= 15 is 0 Å². The first-order valence-corrected chi connectivity index (χ1v) is 10.6. The summed E-state index contributed by atoms with van der Waals surface area (Å²) in [6.45, 7) is 4.31. The lowest BCUT2D eigenvalue weighted by Gasteiger charge is -2.26. The molecule has 1 aliphatic heterocycles. The zero-order valence-corrected chi connectivity index (χ0v) is 16.2. The number of sulfonamides is 1. The summed E-state index contributed by atoms with van der Waals surface area (Å²) in [5.74, 6) is -0.0702. The van der Waals surface area contributed by atoms with E-state index in [1.165, 1.54) is 0 Å². The van der Waals surface area contributed by atoms with Crippen molar-refractivity contribution >= 4 is 21.6 Å². The minimum atomic E-state index is -3.66. The average Bonchev–Trinajstić information content (AvgIpc) is 2.69. The van der Waals surface area contributed by atoms with Crippen LogP contribution in [0, 0.1) is 0 Å². The van der Waals surface area contributed by atoms with Crippen LogP contribution in [0.5, 0.6) is 0 Å². The molecule has 0 bridgehead atoms. The molecule has 27 heavy (non-hydrogen) atoms. The maximum Gasteiger partial charge on any atom is 0.261 e. The van der Waals surface area contributed by atoms with E-state index in [0.29, 0.717) is 37.6 Å². The SMILES string of the molecule is CCCc1ccc(S(=O)(=O)Nc2ccc(C(=O)N3CCOCC3)cc2)cc1. The summed E-state index contributed by atoms with van der Waals surface area (Å²) in [5.41, 5.74) is 2.07. The van der Waals surface area contributed by atoms with Gasteiger partial charge in [-0.25, -0.2) is 8.42 Å². The Hall–Kier alpha value is -2.38. The number of benzene rings is 2. The Morgan fingerprint density at radius 1 is 1.04 bits per heavy atom. The lowest BCUT2D eigenvalue weighted by Crippen LogP contribution is -2.40. The van der Waals surface area contributed by atoms with E-state index < -0.39 is 10.0 Å². The fraction of sp³-hybridized carbons (Fsp3) is 0.350. The minimum absolute atomic E-state index is 0.0702. The van der Waals surface area contributed by atoms with Gasteiger partial charge in [0.15, 0.2) is 0 Å². The number of amides is 1. The van der Waals surface area contributed by atoms with E-state index in [1.54, 1.807) is 41.3 Å². The Balaban J connectivity index is 1.68. The van der Waals surface area contributed by atoms with Crippen LogP contribution in [-0.2, 0) is 21.2 Å². The van der Waals surface area contributed by atoms with Crippen LogP contribution in [0.3, 0.4) is 0 Å². The second-order valence-corrected chi connectivity index (χ2v) is 8.16. The Morgan fingerprint density at radius 2 is 1.67 bits per heavy atom. The number of nitrogens with zero attached hydrogens (tertiary/aromatic N) is 1. The third-order valence-electron chi connectivity index (χ3n) is 4.45. The van der Waals surface area contributed by atoms with Crippen LogP contribution >= 0.6 is 0 Å². The lowest BCUT2D eigenvalue weighted by atomic mass is 10.1. The molecular weight excluding hydrogens is 364 g/mol. The van der Waals surface area contributed by atoms with Crippen molar-refractivity contribution in [1.29, 1.82) is 0 Å². The smallest absolute Gasteiger partial charge is 0.261 e. The van der Waals surface area contributed by atoms with E-state index in [4.69, 9.17) is 4.74 Å². The molecule has 1 fully saturated rings. The van der Waals surface area contributed by atoms with Gasteiger partial charge in [0, 0.05) is 24.3 Å². The molecule has 3 rings (SSSR count). The standard InChI is InChI=1S/C20H24N2O4S/c1-2-3-16-4-10-19(11-5-16)27(24,25)21-18-8-6-17(7-9-18)20(23)22-12-14-26-15-13-22/h4-11,21H,2-3,12-15H2,1H3. The van der Waals surface area contributed by atoms with Crippen molar-refractivity contribution in [1.82, 2.24) is 4.90 Å². The first kappa shape index (κ1) is 19.4.